The largest absolute Gasteiger partial charge is 0.341 e. The highest BCUT2D eigenvalue weighted by Crippen LogP contribution is 2.41. The van der Waals surface area contributed by atoms with Crippen LogP contribution in [0.2, 0.25) is 5.02 Å². The van der Waals surface area contributed by atoms with Crippen LogP contribution in [0.25, 0.3) is 28.0 Å². The number of hydrogen-bond donors (Lipinski definition) is 2. The third kappa shape index (κ3) is 7.94. The molecule has 4 nitrogen and oxygen atoms in total. The molecular formula is C37H46ClFN4. The van der Waals surface area contributed by atoms with Crippen LogP contribution < -0.4 is 10.6 Å². The van der Waals surface area contributed by atoms with Crippen LogP contribution in [-0.4, -0.2) is 49.0 Å². The lowest BCUT2D eigenvalue weighted by molar-refractivity contribution is 0.221. The first kappa shape index (κ1) is 31.4. The Morgan fingerprint density at radius 3 is 2.77 bits per heavy atom. The number of halogens is 2. The van der Waals surface area contributed by atoms with Gasteiger partial charge >= 0.3 is 0 Å². The molecule has 3 aromatic carbocycles. The van der Waals surface area contributed by atoms with Crippen molar-refractivity contribution in [3.05, 3.63) is 82.7 Å². The fourth-order valence-electron chi connectivity index (χ4n) is 6.19. The molecule has 0 aliphatic carbocycles. The number of rotatable bonds is 13. The lowest BCUT2D eigenvalue weighted by Crippen LogP contribution is -2.38. The summed E-state index contributed by atoms with van der Waals surface area (Å²) in [6, 6.07) is 15.2. The standard InChI is InChI=1S/C37H46ClFN4/c1-5-28-23-33(38)35(32-22-25(2)21-29-14-6-7-16-31(29)32)36(39)37(28)42-34(40-18-10-8-15-30-24-41-30)17-9-11-19-43-20-12-13-26(3)27(43)4/h5-7,13-14,16,21-23,27,30,41H,1,8-12,15,17-20,24H2,2-4H3,(H,40,42)/t27-,30?/m1/s1. The van der Waals surface area contributed by atoms with Crippen molar-refractivity contribution < 1.29 is 4.39 Å². The van der Waals surface area contributed by atoms with E-state index in [1.54, 1.807) is 6.08 Å². The number of unbranched alkanes of at least 4 members (excludes halogenated alkanes) is 2. The van der Waals surface area contributed by atoms with E-state index in [2.05, 4.69) is 54.2 Å². The fourth-order valence-corrected chi connectivity index (χ4v) is 6.49. The Morgan fingerprint density at radius 2 is 1.98 bits per heavy atom. The molecule has 0 bridgehead atoms. The van der Waals surface area contributed by atoms with E-state index >= 15 is 4.39 Å². The van der Waals surface area contributed by atoms with E-state index in [-0.39, 0.29) is 5.82 Å². The zero-order chi connectivity index (χ0) is 30.3. The molecule has 43 heavy (non-hydrogen) atoms. The van der Waals surface area contributed by atoms with Crippen molar-refractivity contribution in [2.24, 2.45) is 4.99 Å². The Labute approximate surface area is 262 Å². The Morgan fingerprint density at radius 1 is 1.16 bits per heavy atom. The molecule has 5 rings (SSSR count). The summed E-state index contributed by atoms with van der Waals surface area (Å²) in [5.41, 5.74) is 4.76. The van der Waals surface area contributed by atoms with Gasteiger partial charge in [0, 0.05) is 49.3 Å². The van der Waals surface area contributed by atoms with Gasteiger partial charge in [0.2, 0.25) is 0 Å². The maximum Gasteiger partial charge on any atom is 0.156 e. The molecule has 0 spiro atoms. The van der Waals surface area contributed by atoms with Gasteiger partial charge in [-0.25, -0.2) is 4.39 Å². The minimum absolute atomic E-state index is 0.366. The zero-order valence-corrected chi connectivity index (χ0v) is 26.7. The fraction of sp³-hybridized carbons (Fsp3) is 0.432. The van der Waals surface area contributed by atoms with Crippen LogP contribution in [0.4, 0.5) is 10.1 Å². The van der Waals surface area contributed by atoms with Gasteiger partial charge in [0.15, 0.2) is 5.82 Å². The van der Waals surface area contributed by atoms with Crippen molar-refractivity contribution >= 4 is 40.0 Å². The first-order valence-corrected chi connectivity index (χ1v) is 16.3. The average molecular weight is 601 g/mol. The molecular weight excluding hydrogens is 555 g/mol. The number of amidine groups is 1. The summed E-state index contributed by atoms with van der Waals surface area (Å²) in [7, 11) is 0. The molecule has 1 saturated heterocycles. The van der Waals surface area contributed by atoms with Crippen LogP contribution >= 0.6 is 11.6 Å². The van der Waals surface area contributed by atoms with Crippen LogP contribution in [0.3, 0.4) is 0 Å². The first-order chi connectivity index (χ1) is 20.9. The van der Waals surface area contributed by atoms with E-state index in [0.29, 0.717) is 33.9 Å². The number of benzene rings is 3. The smallest absolute Gasteiger partial charge is 0.156 e. The molecule has 6 heteroatoms. The summed E-state index contributed by atoms with van der Waals surface area (Å²) in [4.78, 5) is 7.55. The van der Waals surface area contributed by atoms with Crippen molar-refractivity contribution in [3.63, 3.8) is 0 Å². The van der Waals surface area contributed by atoms with Crippen molar-refractivity contribution in [1.29, 1.82) is 0 Å². The minimum Gasteiger partial charge on any atom is -0.341 e. The maximum absolute atomic E-state index is 16.7. The van der Waals surface area contributed by atoms with Gasteiger partial charge in [-0.05, 0) is 87.4 Å². The second-order valence-electron chi connectivity index (χ2n) is 12.2. The second-order valence-corrected chi connectivity index (χ2v) is 12.6. The molecule has 2 N–H and O–H groups in total. The number of aryl methyl sites for hydroxylation is 1. The summed E-state index contributed by atoms with van der Waals surface area (Å²) in [6.45, 7) is 14.6. The lowest BCUT2D eigenvalue weighted by Gasteiger charge is -2.33. The van der Waals surface area contributed by atoms with E-state index in [1.165, 1.54) is 12.0 Å². The predicted octanol–water partition coefficient (Wildman–Crippen LogP) is 9.41. The summed E-state index contributed by atoms with van der Waals surface area (Å²) in [6.07, 6.45) is 11.3. The molecule has 2 aliphatic heterocycles. The van der Waals surface area contributed by atoms with E-state index in [0.717, 1.165) is 92.4 Å². The molecule has 2 atom stereocenters. The molecule has 1 fully saturated rings. The highest BCUT2D eigenvalue weighted by molar-refractivity contribution is 6.34. The van der Waals surface area contributed by atoms with Gasteiger partial charge in [0.05, 0.1) is 10.7 Å². The number of nitrogens with one attached hydrogen (secondary N) is 2. The van der Waals surface area contributed by atoms with Gasteiger partial charge in [-0.2, -0.15) is 0 Å². The normalized spacial score (nSPS) is 19.0. The third-order valence-electron chi connectivity index (χ3n) is 8.97. The van der Waals surface area contributed by atoms with Crippen molar-refractivity contribution in [2.45, 2.75) is 77.8 Å². The van der Waals surface area contributed by atoms with E-state index in [9.17, 15) is 0 Å². The first-order valence-electron chi connectivity index (χ1n) is 15.9. The molecule has 0 aromatic heterocycles. The van der Waals surface area contributed by atoms with Gasteiger partial charge in [0.1, 0.15) is 5.84 Å². The summed E-state index contributed by atoms with van der Waals surface area (Å²) in [5, 5.41) is 9.23. The molecule has 3 aromatic rings. The van der Waals surface area contributed by atoms with E-state index < -0.39 is 0 Å². The highest BCUT2D eigenvalue weighted by atomic mass is 35.5. The van der Waals surface area contributed by atoms with E-state index in [1.807, 2.05) is 37.3 Å². The predicted molar refractivity (Wildman–Crippen MR) is 184 cm³/mol. The number of nitrogens with zero attached hydrogens (tertiary/aromatic N) is 2. The molecule has 2 heterocycles. The number of hydrogen-bond acceptors (Lipinski definition) is 3. The van der Waals surface area contributed by atoms with Gasteiger partial charge in [-0.3, -0.25) is 9.89 Å². The van der Waals surface area contributed by atoms with Crippen LogP contribution in [0, 0.1) is 12.7 Å². The molecule has 2 aliphatic rings. The third-order valence-corrected chi connectivity index (χ3v) is 9.27. The van der Waals surface area contributed by atoms with Crippen LogP contribution in [0.5, 0.6) is 0 Å². The Balaban J connectivity index is 1.38. The molecule has 1 unspecified atom stereocenters. The van der Waals surface area contributed by atoms with Gasteiger partial charge in [-0.15, -0.1) is 0 Å². The van der Waals surface area contributed by atoms with Gasteiger partial charge < -0.3 is 10.6 Å². The topological polar surface area (TPSA) is 49.6 Å². The van der Waals surface area contributed by atoms with Crippen LogP contribution in [-0.2, 0) is 0 Å². The lowest BCUT2D eigenvalue weighted by atomic mass is 9.94. The summed E-state index contributed by atoms with van der Waals surface area (Å²) < 4.78 is 16.7. The van der Waals surface area contributed by atoms with E-state index in [4.69, 9.17) is 16.6 Å². The maximum atomic E-state index is 16.7. The number of anilines is 1. The highest BCUT2D eigenvalue weighted by Gasteiger charge is 2.22. The van der Waals surface area contributed by atoms with Gasteiger partial charge in [-0.1, -0.05) is 78.7 Å². The monoisotopic (exact) mass is 600 g/mol. The molecule has 228 valence electrons. The molecule has 0 radical (unpaired) electrons. The van der Waals surface area contributed by atoms with Crippen LogP contribution in [0.15, 0.2) is 65.7 Å². The SMILES string of the molecule is C=Cc1cc(Cl)c(-c2cc(C)cc3ccccc23)c(F)c1NC(CCCCN1CCC=C(C)[C@H]1C)=NCCCCC1CN1. The Bertz CT molecular complexity index is 1510. The average Bonchev–Trinajstić information content (AvgIpc) is 3.82. The zero-order valence-electron chi connectivity index (χ0n) is 26.0. The number of aliphatic imine (C=N–C) groups is 1. The Kier molecular flexibility index (Phi) is 10.7. The molecule has 0 saturated carbocycles. The quantitative estimate of drug-likeness (QED) is 0.0675. The van der Waals surface area contributed by atoms with Crippen LogP contribution in [0.1, 0.15) is 69.9 Å². The van der Waals surface area contributed by atoms with Crippen molar-refractivity contribution in [2.75, 3.05) is 31.5 Å². The van der Waals surface area contributed by atoms with Gasteiger partial charge in [0.25, 0.3) is 0 Å². The molecule has 0 amide bonds. The van der Waals surface area contributed by atoms with Crippen molar-refractivity contribution in [3.8, 4) is 11.1 Å². The minimum atomic E-state index is -0.366. The number of fused-ring (bicyclic) bond motifs is 1. The second kappa shape index (κ2) is 14.7. The Hall–Kier alpha value is -2.99. The summed E-state index contributed by atoms with van der Waals surface area (Å²) >= 11 is 6.80. The van der Waals surface area contributed by atoms with Crippen molar-refractivity contribution in [1.82, 2.24) is 10.2 Å². The summed E-state index contributed by atoms with van der Waals surface area (Å²) in [5.74, 6) is 0.465.